The third-order valence-electron chi connectivity index (χ3n) is 12.0. The van der Waals surface area contributed by atoms with E-state index in [4.69, 9.17) is 4.52 Å². The standard InChI is InChI=1S/C42H46N12O6/c1-25-20-28(46-42(59)47-31-23-43-33-14-15-45-54(33)38(31)26-6-3-2-4-7-26)22-44-37(25)39-49-35(60-50-39)8-5-9-36(56)52-18-16-51(17-19-52)29-10-11-30-27(21-29)24-53(41(30)58)32-12-13-34(55)48-40(32)57/h10-11,14-15,20-23,26,32H,2-9,12-13,16-19,24H2,1H3,(H2,46,47,59)(H,48,55,57). The number of piperazine rings is 1. The highest BCUT2D eigenvalue weighted by Gasteiger charge is 2.39. The van der Waals surface area contributed by atoms with Crippen molar-refractivity contribution in [3.63, 3.8) is 0 Å². The molecule has 60 heavy (non-hydrogen) atoms. The minimum atomic E-state index is -0.652. The summed E-state index contributed by atoms with van der Waals surface area (Å²) in [4.78, 5) is 82.6. The Kier molecular flexibility index (Phi) is 10.7. The average Bonchev–Trinajstić information content (AvgIpc) is 4.00. The molecule has 1 atom stereocenters. The van der Waals surface area contributed by atoms with Crippen LogP contribution in [0.3, 0.4) is 0 Å². The number of benzene rings is 1. The number of nitrogens with one attached hydrogen (secondary N) is 3. The molecule has 3 aliphatic heterocycles. The lowest BCUT2D eigenvalue weighted by Crippen LogP contribution is -2.52. The number of urea groups is 1. The Bertz CT molecular complexity index is 2480. The van der Waals surface area contributed by atoms with Gasteiger partial charge in [0.1, 0.15) is 11.7 Å². The van der Waals surface area contributed by atoms with E-state index in [1.165, 1.54) is 6.42 Å². The van der Waals surface area contributed by atoms with Crippen molar-refractivity contribution in [2.45, 2.75) is 89.6 Å². The molecule has 7 heterocycles. The fourth-order valence-electron chi connectivity index (χ4n) is 8.89. The van der Waals surface area contributed by atoms with Gasteiger partial charge in [-0.05, 0) is 68.0 Å². The number of aryl methyl sites for hydroxylation is 2. The van der Waals surface area contributed by atoms with E-state index >= 15 is 0 Å². The summed E-state index contributed by atoms with van der Waals surface area (Å²) in [6, 6.07) is 8.31. The lowest BCUT2D eigenvalue weighted by Gasteiger charge is -2.36. The molecule has 0 bridgehead atoms. The molecular formula is C42H46N12O6. The fraction of sp³-hybridized carbons (Fsp3) is 0.429. The summed E-state index contributed by atoms with van der Waals surface area (Å²) in [5.41, 5.74) is 6.53. The van der Waals surface area contributed by atoms with Gasteiger partial charge >= 0.3 is 6.03 Å². The van der Waals surface area contributed by atoms with Gasteiger partial charge in [0.05, 0.1) is 35.7 Å². The summed E-state index contributed by atoms with van der Waals surface area (Å²) in [5.74, 6) is 0.149. The lowest BCUT2D eigenvalue weighted by atomic mass is 9.86. The Hall–Kier alpha value is -6.72. The first-order valence-electron chi connectivity index (χ1n) is 20.7. The van der Waals surface area contributed by atoms with Crippen LogP contribution >= 0.6 is 0 Å². The maximum absolute atomic E-state index is 13.2. The zero-order valence-corrected chi connectivity index (χ0v) is 33.4. The number of hydrogen-bond donors (Lipinski definition) is 3. The van der Waals surface area contributed by atoms with Gasteiger partial charge < -0.3 is 29.9 Å². The van der Waals surface area contributed by atoms with E-state index in [0.29, 0.717) is 92.8 Å². The van der Waals surface area contributed by atoms with Crippen LogP contribution in [0, 0.1) is 6.92 Å². The highest BCUT2D eigenvalue weighted by atomic mass is 16.5. The molecule has 18 nitrogen and oxygen atoms in total. The number of carbonyl (C=O) groups is 5. The van der Waals surface area contributed by atoms with Crippen molar-refractivity contribution < 1.29 is 28.5 Å². The number of rotatable bonds is 10. The normalized spacial score (nSPS) is 18.5. The number of nitrogens with zero attached hydrogens (tertiary/aromatic N) is 9. The van der Waals surface area contributed by atoms with Crippen molar-refractivity contribution in [2.24, 2.45) is 0 Å². The summed E-state index contributed by atoms with van der Waals surface area (Å²) in [6.45, 7) is 4.61. The number of carbonyl (C=O) groups excluding carboxylic acids is 5. The quantitative estimate of drug-likeness (QED) is 0.165. The number of pyridine rings is 1. The van der Waals surface area contributed by atoms with Gasteiger partial charge in [-0.3, -0.25) is 29.5 Å². The predicted octanol–water partition coefficient (Wildman–Crippen LogP) is 4.61. The predicted molar refractivity (Wildman–Crippen MR) is 218 cm³/mol. The second-order valence-electron chi connectivity index (χ2n) is 15.9. The molecule has 18 heteroatoms. The molecule has 310 valence electrons. The third-order valence-corrected chi connectivity index (χ3v) is 12.0. The average molecular weight is 815 g/mol. The van der Waals surface area contributed by atoms with Crippen LogP contribution in [0.1, 0.15) is 96.8 Å². The van der Waals surface area contributed by atoms with E-state index in [1.807, 2.05) is 34.5 Å². The molecule has 1 unspecified atom stereocenters. The molecule has 0 spiro atoms. The number of piperidine rings is 1. The molecule has 6 amide bonds. The summed E-state index contributed by atoms with van der Waals surface area (Å²) in [7, 11) is 0. The summed E-state index contributed by atoms with van der Waals surface area (Å²) >= 11 is 0. The van der Waals surface area contributed by atoms with Crippen molar-refractivity contribution in [1.82, 2.24) is 44.8 Å². The summed E-state index contributed by atoms with van der Waals surface area (Å²) < 4.78 is 7.35. The van der Waals surface area contributed by atoms with Crippen LogP contribution in [0.25, 0.3) is 17.2 Å². The Morgan fingerprint density at radius 1 is 0.950 bits per heavy atom. The number of anilines is 3. The van der Waals surface area contributed by atoms with Crippen LogP contribution in [0.5, 0.6) is 0 Å². The molecule has 3 N–H and O–H groups in total. The minimum Gasteiger partial charge on any atom is -0.368 e. The summed E-state index contributed by atoms with van der Waals surface area (Å²) in [6.07, 6.45) is 12.4. The molecule has 5 aromatic rings. The second kappa shape index (κ2) is 16.5. The van der Waals surface area contributed by atoms with E-state index in [1.54, 1.807) is 35.6 Å². The number of aromatic nitrogens is 6. The minimum absolute atomic E-state index is 0.0573. The number of imide groups is 1. The number of hydrogen-bond acceptors (Lipinski definition) is 12. The molecule has 0 radical (unpaired) electrons. The van der Waals surface area contributed by atoms with Crippen molar-refractivity contribution in [2.75, 3.05) is 41.7 Å². The SMILES string of the molecule is Cc1cc(NC(=O)Nc2cnc3ccnn3c2C2CCCCC2)cnc1-c1noc(CCCC(=O)N2CCN(c3ccc4c(c3)CN(C3CCC(=O)NC3=O)C4=O)CC2)n1. The Labute approximate surface area is 345 Å². The van der Waals surface area contributed by atoms with Gasteiger partial charge in [0, 0.05) is 75.2 Å². The van der Waals surface area contributed by atoms with Gasteiger partial charge in [-0.1, -0.05) is 24.4 Å². The highest BCUT2D eigenvalue weighted by Crippen LogP contribution is 2.37. The van der Waals surface area contributed by atoms with Crippen molar-refractivity contribution >= 4 is 52.4 Å². The second-order valence-corrected chi connectivity index (χ2v) is 15.9. The molecule has 1 saturated carbocycles. The van der Waals surface area contributed by atoms with Crippen LogP contribution in [-0.4, -0.2) is 101 Å². The van der Waals surface area contributed by atoms with E-state index in [2.05, 4.69) is 46.1 Å². The van der Waals surface area contributed by atoms with E-state index in [9.17, 15) is 24.0 Å². The maximum Gasteiger partial charge on any atom is 0.323 e. The van der Waals surface area contributed by atoms with Crippen LogP contribution in [0.4, 0.5) is 21.9 Å². The van der Waals surface area contributed by atoms with Crippen LogP contribution < -0.4 is 20.9 Å². The third kappa shape index (κ3) is 7.88. The van der Waals surface area contributed by atoms with Gasteiger partial charge in [0.15, 0.2) is 5.65 Å². The van der Waals surface area contributed by atoms with Crippen molar-refractivity contribution in [3.05, 3.63) is 77.2 Å². The first-order chi connectivity index (χ1) is 29.2. The van der Waals surface area contributed by atoms with E-state index in [0.717, 1.165) is 53.8 Å². The molecule has 2 saturated heterocycles. The monoisotopic (exact) mass is 814 g/mol. The first-order valence-corrected chi connectivity index (χ1v) is 20.7. The Morgan fingerprint density at radius 3 is 2.58 bits per heavy atom. The van der Waals surface area contributed by atoms with Gasteiger partial charge in [0.2, 0.25) is 29.4 Å². The van der Waals surface area contributed by atoms with E-state index < -0.39 is 18.0 Å². The number of amides is 6. The van der Waals surface area contributed by atoms with E-state index in [-0.39, 0.29) is 30.1 Å². The lowest BCUT2D eigenvalue weighted by molar-refractivity contribution is -0.137. The van der Waals surface area contributed by atoms with Gasteiger partial charge in [0.25, 0.3) is 5.91 Å². The largest absolute Gasteiger partial charge is 0.368 e. The smallest absolute Gasteiger partial charge is 0.323 e. The zero-order valence-electron chi connectivity index (χ0n) is 33.4. The fourth-order valence-corrected chi connectivity index (χ4v) is 8.89. The Morgan fingerprint density at radius 2 is 1.78 bits per heavy atom. The topological polar surface area (TPSA) is 213 Å². The van der Waals surface area contributed by atoms with Crippen molar-refractivity contribution in [3.8, 4) is 11.5 Å². The van der Waals surface area contributed by atoms with Gasteiger partial charge in [-0.15, -0.1) is 0 Å². The van der Waals surface area contributed by atoms with Crippen LogP contribution in [0.15, 0.2) is 53.4 Å². The first kappa shape index (κ1) is 38.8. The molecule has 4 aliphatic rings. The molecule has 1 aliphatic carbocycles. The zero-order chi connectivity index (χ0) is 41.3. The summed E-state index contributed by atoms with van der Waals surface area (Å²) in [5, 5.41) is 16.8. The molecular weight excluding hydrogens is 769 g/mol. The molecule has 1 aromatic carbocycles. The molecule has 3 fully saturated rings. The Balaban J connectivity index is 0.740. The van der Waals surface area contributed by atoms with Crippen LogP contribution in [-0.2, 0) is 27.3 Å². The maximum atomic E-state index is 13.2. The molecule has 4 aromatic heterocycles. The van der Waals surface area contributed by atoms with Crippen molar-refractivity contribution in [1.29, 1.82) is 0 Å². The van der Waals surface area contributed by atoms with Gasteiger partial charge in [-0.25, -0.2) is 14.3 Å². The highest BCUT2D eigenvalue weighted by molar-refractivity contribution is 6.05. The molecule has 9 rings (SSSR count). The number of fused-ring (bicyclic) bond motifs is 2. The van der Waals surface area contributed by atoms with Gasteiger partial charge in [-0.2, -0.15) is 10.1 Å². The van der Waals surface area contributed by atoms with Crippen LogP contribution in [0.2, 0.25) is 0 Å².